The summed E-state index contributed by atoms with van der Waals surface area (Å²) in [6.45, 7) is 13.5. The fourth-order valence-electron chi connectivity index (χ4n) is 3.58. The molecule has 0 radical (unpaired) electrons. The van der Waals surface area contributed by atoms with Crippen molar-refractivity contribution < 1.29 is 0 Å². The van der Waals surface area contributed by atoms with Crippen LogP contribution in [0.2, 0.25) is 0 Å². The zero-order valence-corrected chi connectivity index (χ0v) is 14.7. The van der Waals surface area contributed by atoms with Crippen molar-refractivity contribution in [2.75, 3.05) is 26.2 Å². The van der Waals surface area contributed by atoms with Crippen LogP contribution in [0.4, 0.5) is 0 Å². The number of hydrogen-bond acceptors (Lipinski definition) is 3. The van der Waals surface area contributed by atoms with E-state index >= 15 is 0 Å². The molecule has 3 nitrogen and oxygen atoms in total. The summed E-state index contributed by atoms with van der Waals surface area (Å²) in [6, 6.07) is 2.53. The highest BCUT2D eigenvalue weighted by molar-refractivity contribution is 5.06. The number of likely N-dealkylation sites (tertiary alicyclic amines) is 1. The van der Waals surface area contributed by atoms with Crippen molar-refractivity contribution in [1.82, 2.24) is 10.2 Å². The minimum atomic E-state index is -0.303. The van der Waals surface area contributed by atoms with Crippen molar-refractivity contribution in [3.63, 3.8) is 0 Å². The second-order valence-corrected chi connectivity index (χ2v) is 6.81. The van der Waals surface area contributed by atoms with E-state index in [1.54, 1.807) is 0 Å². The van der Waals surface area contributed by atoms with Crippen LogP contribution in [0.3, 0.4) is 0 Å². The minimum Gasteiger partial charge on any atom is -0.303 e. The van der Waals surface area contributed by atoms with Gasteiger partial charge in [0.25, 0.3) is 0 Å². The molecule has 1 saturated heterocycles. The van der Waals surface area contributed by atoms with Crippen molar-refractivity contribution in [1.29, 1.82) is 5.26 Å². The third-order valence-corrected chi connectivity index (χ3v) is 5.63. The molecule has 0 aromatic carbocycles. The van der Waals surface area contributed by atoms with Gasteiger partial charge in [0.2, 0.25) is 0 Å². The highest BCUT2D eigenvalue weighted by Crippen LogP contribution is 2.37. The molecule has 1 unspecified atom stereocenters. The molecule has 1 aliphatic rings. The van der Waals surface area contributed by atoms with E-state index in [1.165, 1.54) is 32.4 Å². The third kappa shape index (κ3) is 4.97. The first-order valence-electron chi connectivity index (χ1n) is 8.98. The molecular weight excluding hydrogens is 258 g/mol. The van der Waals surface area contributed by atoms with Gasteiger partial charge in [-0.2, -0.15) is 5.26 Å². The van der Waals surface area contributed by atoms with Crippen LogP contribution in [0.25, 0.3) is 0 Å². The van der Waals surface area contributed by atoms with Crippen LogP contribution in [-0.2, 0) is 0 Å². The lowest BCUT2D eigenvalue weighted by Gasteiger charge is -2.29. The van der Waals surface area contributed by atoms with E-state index in [-0.39, 0.29) is 5.54 Å². The molecule has 0 aromatic heterocycles. The highest BCUT2D eigenvalue weighted by Gasteiger charge is 2.35. The monoisotopic (exact) mass is 293 g/mol. The predicted molar refractivity (Wildman–Crippen MR) is 90.2 cm³/mol. The summed E-state index contributed by atoms with van der Waals surface area (Å²) in [5, 5.41) is 13.0. The third-order valence-electron chi connectivity index (χ3n) is 5.63. The first kappa shape index (κ1) is 18.5. The van der Waals surface area contributed by atoms with Gasteiger partial charge in [-0.05, 0) is 70.0 Å². The fraction of sp³-hybridized carbons (Fsp3) is 0.944. The predicted octanol–water partition coefficient (Wildman–Crippen LogP) is 3.95. The molecule has 0 aromatic rings. The topological polar surface area (TPSA) is 39.1 Å². The first-order chi connectivity index (χ1) is 10.1. The second-order valence-electron chi connectivity index (χ2n) is 6.81. The Hall–Kier alpha value is -0.590. The summed E-state index contributed by atoms with van der Waals surface area (Å²) in [7, 11) is 0. The molecule has 0 saturated carbocycles. The Morgan fingerprint density at radius 2 is 1.95 bits per heavy atom. The van der Waals surface area contributed by atoms with E-state index in [4.69, 9.17) is 0 Å². The van der Waals surface area contributed by atoms with E-state index in [9.17, 15) is 5.26 Å². The summed E-state index contributed by atoms with van der Waals surface area (Å²) in [4.78, 5) is 2.62. The van der Waals surface area contributed by atoms with Gasteiger partial charge in [0.15, 0.2) is 0 Å². The zero-order valence-electron chi connectivity index (χ0n) is 14.7. The van der Waals surface area contributed by atoms with Crippen LogP contribution in [0.5, 0.6) is 0 Å². The lowest BCUT2D eigenvalue weighted by molar-refractivity contribution is 0.232. The summed E-state index contributed by atoms with van der Waals surface area (Å²) in [6.07, 6.45) is 8.04. The zero-order chi connectivity index (χ0) is 15.8. The van der Waals surface area contributed by atoms with Crippen LogP contribution in [-0.4, -0.2) is 36.6 Å². The van der Waals surface area contributed by atoms with E-state index in [2.05, 4.69) is 44.0 Å². The maximum Gasteiger partial charge on any atom is 0.106 e. The van der Waals surface area contributed by atoms with Crippen molar-refractivity contribution in [3.8, 4) is 6.07 Å². The van der Waals surface area contributed by atoms with Crippen molar-refractivity contribution in [2.24, 2.45) is 5.41 Å². The fourth-order valence-corrected chi connectivity index (χ4v) is 3.58. The minimum absolute atomic E-state index is 0.303. The molecular formula is C18H35N3. The summed E-state index contributed by atoms with van der Waals surface area (Å²) >= 11 is 0. The Morgan fingerprint density at radius 1 is 1.24 bits per heavy atom. The van der Waals surface area contributed by atoms with Gasteiger partial charge < -0.3 is 4.90 Å². The SMILES string of the molecule is CCCNC(C#N)(CC)CCCN1CCC(CC)(CC)C1. The number of nitrogens with one attached hydrogen (secondary N) is 1. The summed E-state index contributed by atoms with van der Waals surface area (Å²) < 4.78 is 0. The van der Waals surface area contributed by atoms with Gasteiger partial charge in [0.1, 0.15) is 5.54 Å². The van der Waals surface area contributed by atoms with Crippen molar-refractivity contribution >= 4 is 0 Å². The standard InChI is InChI=1S/C18H35N3/c1-5-12-20-18(8-4,15-19)10-9-13-21-14-11-17(6-2,7-3)16-21/h20H,5-14,16H2,1-4H3. The highest BCUT2D eigenvalue weighted by atomic mass is 15.2. The second kappa shape index (κ2) is 8.76. The van der Waals surface area contributed by atoms with Crippen LogP contribution < -0.4 is 5.32 Å². The summed E-state index contributed by atoms with van der Waals surface area (Å²) in [5.41, 5.74) is 0.264. The van der Waals surface area contributed by atoms with Gasteiger partial charge in [-0.15, -0.1) is 0 Å². The van der Waals surface area contributed by atoms with Gasteiger partial charge in [0, 0.05) is 6.54 Å². The maximum atomic E-state index is 9.53. The quantitative estimate of drug-likeness (QED) is 0.663. The van der Waals surface area contributed by atoms with Crippen LogP contribution in [0.1, 0.15) is 72.6 Å². The van der Waals surface area contributed by atoms with Crippen molar-refractivity contribution in [3.05, 3.63) is 0 Å². The van der Waals surface area contributed by atoms with Gasteiger partial charge in [-0.3, -0.25) is 5.32 Å². The average Bonchev–Trinajstić information content (AvgIpc) is 2.95. The lowest BCUT2D eigenvalue weighted by Crippen LogP contribution is -2.44. The van der Waals surface area contributed by atoms with Crippen LogP contribution in [0, 0.1) is 16.7 Å². The molecule has 0 aliphatic carbocycles. The maximum absolute atomic E-state index is 9.53. The Labute approximate surface area is 132 Å². The number of hydrogen-bond donors (Lipinski definition) is 1. The van der Waals surface area contributed by atoms with Crippen LogP contribution in [0.15, 0.2) is 0 Å². The molecule has 0 spiro atoms. The molecule has 1 rings (SSSR count). The van der Waals surface area contributed by atoms with Gasteiger partial charge in [-0.25, -0.2) is 0 Å². The molecule has 1 fully saturated rings. The average molecular weight is 293 g/mol. The molecule has 1 N–H and O–H groups in total. The summed E-state index contributed by atoms with van der Waals surface area (Å²) in [5.74, 6) is 0. The molecule has 21 heavy (non-hydrogen) atoms. The van der Waals surface area contributed by atoms with Gasteiger partial charge in [0.05, 0.1) is 6.07 Å². The largest absolute Gasteiger partial charge is 0.303 e. The van der Waals surface area contributed by atoms with Crippen LogP contribution >= 0.6 is 0 Å². The van der Waals surface area contributed by atoms with E-state index in [0.717, 1.165) is 38.8 Å². The smallest absolute Gasteiger partial charge is 0.106 e. The van der Waals surface area contributed by atoms with Gasteiger partial charge >= 0.3 is 0 Å². The Bertz CT molecular complexity index is 330. The number of rotatable bonds is 10. The Morgan fingerprint density at radius 3 is 2.43 bits per heavy atom. The molecule has 122 valence electrons. The molecule has 3 heteroatoms. The lowest BCUT2D eigenvalue weighted by atomic mass is 9.82. The molecule has 0 bridgehead atoms. The Kier molecular flexibility index (Phi) is 7.70. The number of nitriles is 1. The van der Waals surface area contributed by atoms with E-state index in [0.29, 0.717) is 5.41 Å². The molecule has 1 aliphatic heterocycles. The number of nitrogens with zero attached hydrogens (tertiary/aromatic N) is 2. The molecule has 1 heterocycles. The molecule has 1 atom stereocenters. The first-order valence-corrected chi connectivity index (χ1v) is 8.98. The van der Waals surface area contributed by atoms with Crippen molar-refractivity contribution in [2.45, 2.75) is 78.2 Å². The molecule has 0 amide bonds. The van der Waals surface area contributed by atoms with E-state index in [1.807, 2.05) is 0 Å². The van der Waals surface area contributed by atoms with E-state index < -0.39 is 0 Å². The Balaban J connectivity index is 2.40. The van der Waals surface area contributed by atoms with Gasteiger partial charge in [-0.1, -0.05) is 27.7 Å². The normalized spacial score (nSPS) is 21.1.